The molecule has 0 spiro atoms. The van der Waals surface area contributed by atoms with Gasteiger partial charge in [0.2, 0.25) is 5.91 Å². The smallest absolute Gasteiger partial charge is 0.272 e. The number of aromatic amines is 1. The van der Waals surface area contributed by atoms with Gasteiger partial charge in [0.05, 0.1) is 6.33 Å². The molecule has 0 atom stereocenters. The highest BCUT2D eigenvalue weighted by Gasteiger charge is 2.19. The summed E-state index contributed by atoms with van der Waals surface area (Å²) in [5.41, 5.74) is 0.173. The molecular weight excluding hydrogens is 274 g/mol. The molecule has 0 fully saturated rings. The normalized spacial score (nSPS) is 10.3. The van der Waals surface area contributed by atoms with Crippen LogP contribution >= 0.6 is 0 Å². The minimum Gasteiger partial charge on any atom is -0.355 e. The summed E-state index contributed by atoms with van der Waals surface area (Å²) in [5, 5.41) is 7.85. The largest absolute Gasteiger partial charge is 0.355 e. The first kappa shape index (κ1) is 16.7. The maximum atomic E-state index is 11.9. The molecule has 1 aromatic rings. The molecule has 0 aliphatic carbocycles. The van der Waals surface area contributed by atoms with Crippen molar-refractivity contribution in [1.29, 1.82) is 0 Å². The van der Waals surface area contributed by atoms with Gasteiger partial charge in [-0.3, -0.25) is 14.4 Å². The van der Waals surface area contributed by atoms with E-state index in [9.17, 15) is 14.4 Å². The predicted molar refractivity (Wildman–Crippen MR) is 76.8 cm³/mol. The molecule has 0 bridgehead atoms. The van der Waals surface area contributed by atoms with Crippen molar-refractivity contribution in [2.24, 2.45) is 5.92 Å². The van der Waals surface area contributed by atoms with Crippen LogP contribution in [0.4, 0.5) is 0 Å². The molecule has 0 unspecified atom stereocenters. The van der Waals surface area contributed by atoms with E-state index < -0.39 is 5.91 Å². The van der Waals surface area contributed by atoms with Crippen LogP contribution in [0.25, 0.3) is 0 Å². The lowest BCUT2D eigenvalue weighted by atomic mass is 10.2. The first-order valence-electron chi connectivity index (χ1n) is 6.76. The van der Waals surface area contributed by atoms with E-state index in [1.54, 1.807) is 0 Å². The molecule has 1 aromatic heterocycles. The molecule has 0 saturated carbocycles. The number of nitrogens with zero attached hydrogens (tertiary/aromatic N) is 1. The monoisotopic (exact) mass is 295 g/mol. The van der Waals surface area contributed by atoms with E-state index in [4.69, 9.17) is 0 Å². The van der Waals surface area contributed by atoms with Crippen LogP contribution in [0.1, 0.15) is 41.7 Å². The summed E-state index contributed by atoms with van der Waals surface area (Å²) < 4.78 is 0. The summed E-state index contributed by atoms with van der Waals surface area (Å²) in [7, 11) is 0. The van der Waals surface area contributed by atoms with Gasteiger partial charge in [-0.15, -0.1) is 0 Å². The molecule has 1 rings (SSSR count). The molecular formula is C13H21N5O3. The van der Waals surface area contributed by atoms with Crippen molar-refractivity contribution in [3.63, 3.8) is 0 Å². The summed E-state index contributed by atoms with van der Waals surface area (Å²) in [6.45, 7) is 6.44. The average molecular weight is 295 g/mol. The third kappa shape index (κ3) is 5.64. The quantitative estimate of drug-likeness (QED) is 0.515. The van der Waals surface area contributed by atoms with Gasteiger partial charge in [0.15, 0.2) is 5.69 Å². The molecule has 0 aromatic carbocycles. The van der Waals surface area contributed by atoms with Crippen LogP contribution < -0.4 is 16.0 Å². The first-order valence-corrected chi connectivity index (χ1v) is 6.76. The Morgan fingerprint density at radius 2 is 1.81 bits per heavy atom. The molecule has 0 aliphatic heterocycles. The van der Waals surface area contributed by atoms with Crippen LogP contribution in [0, 0.1) is 5.92 Å². The SMILES string of the molecule is CC(=O)NCCNC(=O)c1nc[nH]c1C(=O)NCC(C)C. The van der Waals surface area contributed by atoms with Crippen molar-refractivity contribution >= 4 is 17.7 Å². The minimum atomic E-state index is -0.462. The third-order valence-electron chi connectivity index (χ3n) is 2.54. The Morgan fingerprint density at radius 1 is 1.14 bits per heavy atom. The fraction of sp³-hybridized carbons (Fsp3) is 0.538. The Labute approximate surface area is 123 Å². The number of aromatic nitrogens is 2. The Hall–Kier alpha value is -2.38. The van der Waals surface area contributed by atoms with Crippen molar-refractivity contribution in [2.45, 2.75) is 20.8 Å². The topological polar surface area (TPSA) is 116 Å². The highest BCUT2D eigenvalue weighted by molar-refractivity contribution is 6.04. The van der Waals surface area contributed by atoms with Crippen molar-refractivity contribution in [3.8, 4) is 0 Å². The fourth-order valence-electron chi connectivity index (χ4n) is 1.52. The van der Waals surface area contributed by atoms with E-state index in [1.807, 2.05) is 13.8 Å². The van der Waals surface area contributed by atoms with Crippen LogP contribution in [0.5, 0.6) is 0 Å². The number of carbonyl (C=O) groups excluding carboxylic acids is 3. The maximum Gasteiger partial charge on any atom is 0.272 e. The lowest BCUT2D eigenvalue weighted by Crippen LogP contribution is -2.35. The van der Waals surface area contributed by atoms with Crippen LogP contribution in [0.3, 0.4) is 0 Å². The highest BCUT2D eigenvalue weighted by Crippen LogP contribution is 2.03. The molecule has 116 valence electrons. The van der Waals surface area contributed by atoms with E-state index in [0.717, 1.165) is 0 Å². The molecule has 0 radical (unpaired) electrons. The maximum absolute atomic E-state index is 11.9. The van der Waals surface area contributed by atoms with Gasteiger partial charge in [-0.2, -0.15) is 0 Å². The van der Waals surface area contributed by atoms with Crippen LogP contribution in [0.15, 0.2) is 6.33 Å². The highest BCUT2D eigenvalue weighted by atomic mass is 16.2. The fourth-order valence-corrected chi connectivity index (χ4v) is 1.52. The predicted octanol–water partition coefficient (Wildman–Crippen LogP) is -0.339. The number of amides is 3. The molecule has 0 saturated heterocycles. The van der Waals surface area contributed by atoms with E-state index in [1.165, 1.54) is 13.3 Å². The second kappa shape index (κ2) is 8.03. The summed E-state index contributed by atoms with van der Waals surface area (Å²) >= 11 is 0. The molecule has 1 heterocycles. The number of nitrogens with one attached hydrogen (secondary N) is 4. The number of carbonyl (C=O) groups is 3. The van der Waals surface area contributed by atoms with Crippen molar-refractivity contribution < 1.29 is 14.4 Å². The second-order valence-electron chi connectivity index (χ2n) is 4.97. The van der Waals surface area contributed by atoms with E-state index >= 15 is 0 Å². The third-order valence-corrected chi connectivity index (χ3v) is 2.54. The zero-order valence-corrected chi connectivity index (χ0v) is 12.4. The number of hydrogen-bond donors (Lipinski definition) is 4. The number of hydrogen-bond acceptors (Lipinski definition) is 4. The van der Waals surface area contributed by atoms with Crippen LogP contribution in [-0.4, -0.2) is 47.3 Å². The molecule has 4 N–H and O–H groups in total. The Kier molecular flexibility index (Phi) is 6.38. The zero-order chi connectivity index (χ0) is 15.8. The summed E-state index contributed by atoms with van der Waals surface area (Å²) in [4.78, 5) is 41.1. The van der Waals surface area contributed by atoms with Gasteiger partial charge in [0.1, 0.15) is 5.69 Å². The van der Waals surface area contributed by atoms with Gasteiger partial charge in [-0.05, 0) is 5.92 Å². The number of imidazole rings is 1. The van der Waals surface area contributed by atoms with Gasteiger partial charge in [0.25, 0.3) is 11.8 Å². The molecule has 0 aliphatic rings. The molecule has 3 amide bonds. The van der Waals surface area contributed by atoms with Crippen LogP contribution in [0.2, 0.25) is 0 Å². The summed E-state index contributed by atoms with van der Waals surface area (Å²) in [6.07, 6.45) is 1.30. The van der Waals surface area contributed by atoms with Gasteiger partial charge in [0, 0.05) is 26.6 Å². The molecule has 8 nitrogen and oxygen atoms in total. The lowest BCUT2D eigenvalue weighted by molar-refractivity contribution is -0.118. The molecule has 8 heteroatoms. The zero-order valence-electron chi connectivity index (χ0n) is 12.4. The Morgan fingerprint density at radius 3 is 2.43 bits per heavy atom. The van der Waals surface area contributed by atoms with Crippen molar-refractivity contribution in [3.05, 3.63) is 17.7 Å². The first-order chi connectivity index (χ1) is 9.91. The van der Waals surface area contributed by atoms with Gasteiger partial charge >= 0.3 is 0 Å². The van der Waals surface area contributed by atoms with E-state index in [0.29, 0.717) is 19.0 Å². The van der Waals surface area contributed by atoms with Crippen molar-refractivity contribution in [1.82, 2.24) is 25.9 Å². The van der Waals surface area contributed by atoms with Gasteiger partial charge < -0.3 is 20.9 Å². The standard InChI is InChI=1S/C13H21N5O3/c1-8(2)6-16-13(21)11-10(17-7-18-11)12(20)15-5-4-14-9(3)19/h7-8H,4-6H2,1-3H3,(H,14,19)(H,15,20)(H,16,21)(H,17,18). The van der Waals surface area contributed by atoms with E-state index in [2.05, 4.69) is 25.9 Å². The molecule has 21 heavy (non-hydrogen) atoms. The van der Waals surface area contributed by atoms with Crippen LogP contribution in [-0.2, 0) is 4.79 Å². The number of H-pyrrole nitrogens is 1. The van der Waals surface area contributed by atoms with Gasteiger partial charge in [-0.1, -0.05) is 13.8 Å². The summed E-state index contributed by atoms with van der Waals surface area (Å²) in [5.74, 6) is -0.686. The average Bonchev–Trinajstić information content (AvgIpc) is 2.89. The Bertz CT molecular complexity index is 510. The lowest BCUT2D eigenvalue weighted by Gasteiger charge is -2.08. The number of rotatable bonds is 7. The second-order valence-corrected chi connectivity index (χ2v) is 4.97. The Balaban J connectivity index is 2.55. The van der Waals surface area contributed by atoms with Crippen molar-refractivity contribution in [2.75, 3.05) is 19.6 Å². The van der Waals surface area contributed by atoms with E-state index in [-0.39, 0.29) is 29.7 Å². The summed E-state index contributed by atoms with van der Waals surface area (Å²) in [6, 6.07) is 0. The van der Waals surface area contributed by atoms with Gasteiger partial charge in [-0.25, -0.2) is 4.98 Å². The minimum absolute atomic E-state index is 0.0408.